The second kappa shape index (κ2) is 10.2. The summed E-state index contributed by atoms with van der Waals surface area (Å²) < 4.78 is 41.6. The molecular formula is C25H22F2N2O5S. The highest BCUT2D eigenvalue weighted by molar-refractivity contribution is 7.07. The molecule has 182 valence electrons. The lowest BCUT2D eigenvalue weighted by molar-refractivity contribution is -0.139. The summed E-state index contributed by atoms with van der Waals surface area (Å²) in [6, 6.07) is 12.3. The normalized spacial score (nSPS) is 15.6. The standard InChI is InChI=1S/C25H22F2N2O5S/c1-4-33-23(31)20-14(2)28-25-29(21(20)16-7-11-17(32-3)12-8-16)22(30)19(35-25)13-15-5-9-18(10-6-15)34-24(26)27/h5-13,21,24H,4H2,1-3H3/t21-/m0/s1. The maximum absolute atomic E-state index is 13.5. The van der Waals surface area contributed by atoms with E-state index in [0.29, 0.717) is 31.9 Å². The van der Waals surface area contributed by atoms with Crippen LogP contribution in [0.1, 0.15) is 31.0 Å². The average molecular weight is 501 g/mol. The zero-order valence-electron chi connectivity index (χ0n) is 19.2. The van der Waals surface area contributed by atoms with Crippen molar-refractivity contribution < 1.29 is 27.8 Å². The van der Waals surface area contributed by atoms with Gasteiger partial charge in [-0.2, -0.15) is 8.78 Å². The monoisotopic (exact) mass is 500 g/mol. The zero-order valence-corrected chi connectivity index (χ0v) is 20.0. The van der Waals surface area contributed by atoms with Crippen LogP contribution in [-0.2, 0) is 9.53 Å². The third kappa shape index (κ3) is 5.02. The van der Waals surface area contributed by atoms with E-state index in [9.17, 15) is 18.4 Å². The number of benzene rings is 2. The number of hydrogen-bond acceptors (Lipinski definition) is 7. The van der Waals surface area contributed by atoms with Crippen molar-refractivity contribution in [1.29, 1.82) is 0 Å². The van der Waals surface area contributed by atoms with Crippen molar-refractivity contribution in [3.63, 3.8) is 0 Å². The third-order valence-electron chi connectivity index (χ3n) is 5.35. The van der Waals surface area contributed by atoms with Crippen LogP contribution in [0.3, 0.4) is 0 Å². The zero-order chi connectivity index (χ0) is 25.1. The summed E-state index contributed by atoms with van der Waals surface area (Å²) in [5.41, 5.74) is 1.73. The van der Waals surface area contributed by atoms with Crippen LogP contribution in [0.25, 0.3) is 6.08 Å². The smallest absolute Gasteiger partial charge is 0.387 e. The van der Waals surface area contributed by atoms with Crippen molar-refractivity contribution in [2.45, 2.75) is 26.5 Å². The summed E-state index contributed by atoms with van der Waals surface area (Å²) in [5, 5.41) is 0. The molecule has 2 heterocycles. The minimum absolute atomic E-state index is 0.0211. The van der Waals surface area contributed by atoms with E-state index in [1.165, 1.54) is 28.0 Å². The lowest BCUT2D eigenvalue weighted by Crippen LogP contribution is -2.39. The summed E-state index contributed by atoms with van der Waals surface area (Å²) >= 11 is 1.17. The molecule has 0 spiro atoms. The van der Waals surface area contributed by atoms with Crippen LogP contribution in [0.2, 0.25) is 0 Å². The minimum Gasteiger partial charge on any atom is -0.497 e. The molecule has 0 unspecified atom stereocenters. The molecular weight excluding hydrogens is 478 g/mol. The molecule has 1 aliphatic heterocycles. The van der Waals surface area contributed by atoms with Gasteiger partial charge in [0, 0.05) is 0 Å². The highest BCUT2D eigenvalue weighted by Crippen LogP contribution is 2.31. The van der Waals surface area contributed by atoms with E-state index >= 15 is 0 Å². The second-order valence-electron chi connectivity index (χ2n) is 7.52. The van der Waals surface area contributed by atoms with Gasteiger partial charge in [0.1, 0.15) is 11.5 Å². The first-order valence-electron chi connectivity index (χ1n) is 10.7. The van der Waals surface area contributed by atoms with Crippen LogP contribution in [-0.4, -0.2) is 30.9 Å². The number of methoxy groups -OCH3 is 1. The molecule has 2 aromatic carbocycles. The fourth-order valence-electron chi connectivity index (χ4n) is 3.79. The van der Waals surface area contributed by atoms with Gasteiger partial charge in [-0.15, -0.1) is 0 Å². The second-order valence-corrected chi connectivity index (χ2v) is 8.53. The van der Waals surface area contributed by atoms with Gasteiger partial charge in [0.15, 0.2) is 4.80 Å². The molecule has 0 bridgehead atoms. The third-order valence-corrected chi connectivity index (χ3v) is 6.33. The van der Waals surface area contributed by atoms with Crippen LogP contribution in [0.5, 0.6) is 11.5 Å². The minimum atomic E-state index is -2.92. The molecule has 1 aliphatic rings. The Kier molecular flexibility index (Phi) is 7.11. The van der Waals surface area contributed by atoms with Crippen molar-refractivity contribution in [3.8, 4) is 11.5 Å². The van der Waals surface area contributed by atoms with Gasteiger partial charge < -0.3 is 14.2 Å². The molecule has 1 aromatic heterocycles. The molecule has 35 heavy (non-hydrogen) atoms. The Morgan fingerprint density at radius 1 is 1.14 bits per heavy atom. The van der Waals surface area contributed by atoms with Crippen LogP contribution in [0, 0.1) is 0 Å². The molecule has 0 saturated carbocycles. The molecule has 0 radical (unpaired) electrons. The van der Waals surface area contributed by atoms with Gasteiger partial charge in [-0.05, 0) is 55.3 Å². The van der Waals surface area contributed by atoms with Gasteiger partial charge in [0.2, 0.25) is 0 Å². The van der Waals surface area contributed by atoms with Crippen LogP contribution in [0.4, 0.5) is 8.78 Å². The van der Waals surface area contributed by atoms with E-state index < -0.39 is 18.6 Å². The number of aromatic nitrogens is 1. The van der Waals surface area contributed by atoms with Gasteiger partial charge in [-0.25, -0.2) is 9.79 Å². The number of hydrogen-bond donors (Lipinski definition) is 0. The first-order chi connectivity index (χ1) is 16.8. The van der Waals surface area contributed by atoms with Crippen molar-refractivity contribution in [2.24, 2.45) is 4.99 Å². The summed E-state index contributed by atoms with van der Waals surface area (Å²) in [6.07, 6.45) is 1.64. The largest absolute Gasteiger partial charge is 0.497 e. The molecule has 7 nitrogen and oxygen atoms in total. The van der Waals surface area contributed by atoms with E-state index in [4.69, 9.17) is 9.47 Å². The summed E-state index contributed by atoms with van der Waals surface area (Å²) in [7, 11) is 1.55. The number of esters is 1. The Bertz CT molecular complexity index is 1440. The van der Waals surface area contributed by atoms with Gasteiger partial charge in [0.25, 0.3) is 5.56 Å². The Morgan fingerprint density at radius 3 is 2.40 bits per heavy atom. The first-order valence-corrected chi connectivity index (χ1v) is 11.5. The molecule has 3 aromatic rings. The quantitative estimate of drug-likeness (QED) is 0.465. The number of ether oxygens (including phenoxy) is 3. The predicted octanol–water partition coefficient (Wildman–Crippen LogP) is 3.41. The van der Waals surface area contributed by atoms with Crippen LogP contribution >= 0.6 is 11.3 Å². The SMILES string of the molecule is CCOC(=O)C1=C(C)N=c2sc(=Cc3ccc(OC(F)F)cc3)c(=O)n2[C@H]1c1ccc(OC)cc1. The fraction of sp³-hybridized carbons (Fsp3) is 0.240. The molecule has 1 atom stereocenters. The molecule has 0 amide bonds. The number of thiazole rings is 1. The Balaban J connectivity index is 1.85. The average Bonchev–Trinajstić information content (AvgIpc) is 3.13. The van der Waals surface area contributed by atoms with Crippen molar-refractivity contribution in [2.75, 3.05) is 13.7 Å². The highest BCUT2D eigenvalue weighted by Gasteiger charge is 2.33. The maximum Gasteiger partial charge on any atom is 0.387 e. The molecule has 0 saturated heterocycles. The molecule has 10 heteroatoms. The first kappa shape index (κ1) is 24.3. The van der Waals surface area contributed by atoms with E-state index in [0.717, 1.165) is 0 Å². The van der Waals surface area contributed by atoms with E-state index in [2.05, 4.69) is 9.73 Å². The van der Waals surface area contributed by atoms with E-state index in [1.54, 1.807) is 63.4 Å². The summed E-state index contributed by atoms with van der Waals surface area (Å²) in [4.78, 5) is 31.4. The van der Waals surface area contributed by atoms with Gasteiger partial charge >= 0.3 is 12.6 Å². The Morgan fingerprint density at radius 2 is 1.80 bits per heavy atom. The summed E-state index contributed by atoms with van der Waals surface area (Å²) in [6.45, 7) is 0.685. The number of carbonyl (C=O) groups is 1. The number of carbonyl (C=O) groups excluding carboxylic acids is 1. The highest BCUT2D eigenvalue weighted by atomic mass is 32.1. The van der Waals surface area contributed by atoms with Gasteiger partial charge in [-0.1, -0.05) is 35.6 Å². The molecule has 0 aliphatic carbocycles. The fourth-order valence-corrected chi connectivity index (χ4v) is 4.84. The number of nitrogens with zero attached hydrogens (tertiary/aromatic N) is 2. The van der Waals surface area contributed by atoms with Crippen molar-refractivity contribution in [3.05, 3.63) is 90.6 Å². The Labute approximate surface area is 203 Å². The molecule has 0 N–H and O–H groups in total. The van der Waals surface area contributed by atoms with Crippen molar-refractivity contribution in [1.82, 2.24) is 4.57 Å². The number of rotatable bonds is 7. The molecule has 0 fully saturated rings. The maximum atomic E-state index is 13.5. The number of alkyl halides is 2. The van der Waals surface area contributed by atoms with Crippen LogP contribution in [0.15, 0.2) is 69.6 Å². The predicted molar refractivity (Wildman–Crippen MR) is 126 cm³/mol. The number of allylic oxidation sites excluding steroid dienone is 1. The topological polar surface area (TPSA) is 79.1 Å². The van der Waals surface area contributed by atoms with E-state index in [-0.39, 0.29) is 23.5 Å². The lowest BCUT2D eigenvalue weighted by Gasteiger charge is -2.24. The van der Waals surface area contributed by atoms with E-state index in [1.807, 2.05) is 0 Å². The van der Waals surface area contributed by atoms with Gasteiger partial charge in [-0.3, -0.25) is 9.36 Å². The summed E-state index contributed by atoms with van der Waals surface area (Å²) in [5.74, 6) is 0.116. The number of halogens is 2. The van der Waals surface area contributed by atoms with Crippen LogP contribution < -0.4 is 24.4 Å². The lowest BCUT2D eigenvalue weighted by atomic mass is 9.96. The molecule has 4 rings (SSSR count). The van der Waals surface area contributed by atoms with Gasteiger partial charge in [0.05, 0.1) is 35.6 Å². The Hall–Kier alpha value is -3.79. The van der Waals surface area contributed by atoms with Crippen molar-refractivity contribution >= 4 is 23.4 Å². The number of fused-ring (bicyclic) bond motifs is 1.